The topological polar surface area (TPSA) is 46.5 Å². The minimum Gasteiger partial charge on any atom is -0.343 e. The van der Waals surface area contributed by atoms with Gasteiger partial charge in [0.2, 0.25) is 0 Å². The second-order valence-electron chi connectivity index (χ2n) is 2.31. The molecule has 2 heterocycles. The number of nitrogens with one attached hydrogen (secondary N) is 1. The van der Waals surface area contributed by atoms with Gasteiger partial charge in [-0.15, -0.1) is 0 Å². The van der Waals surface area contributed by atoms with Gasteiger partial charge in [-0.2, -0.15) is 5.10 Å². The molecule has 0 atom stereocenters. The van der Waals surface area contributed by atoms with Gasteiger partial charge < -0.3 is 4.98 Å². The molecule has 2 aromatic rings. The largest absolute Gasteiger partial charge is 0.343 e. The Kier molecular flexibility index (Phi) is 1.25. The molecule has 0 aliphatic rings. The molecule has 0 radical (unpaired) electrons. The molecule has 11 heavy (non-hydrogen) atoms. The van der Waals surface area contributed by atoms with Crippen molar-refractivity contribution in [1.82, 2.24) is 19.7 Å². The molecule has 0 aromatic carbocycles. The molecule has 0 fully saturated rings. The van der Waals surface area contributed by atoms with Crippen molar-refractivity contribution in [2.24, 2.45) is 7.05 Å². The Morgan fingerprint density at radius 3 is 3.00 bits per heavy atom. The van der Waals surface area contributed by atoms with E-state index in [9.17, 15) is 0 Å². The van der Waals surface area contributed by atoms with Crippen molar-refractivity contribution in [3.63, 3.8) is 0 Å². The summed E-state index contributed by atoms with van der Waals surface area (Å²) in [6.07, 6.45) is 5.38. The van der Waals surface area contributed by atoms with Crippen molar-refractivity contribution >= 4 is 0 Å². The average Bonchev–Trinajstić information content (AvgIpc) is 2.55. The molecular weight excluding hydrogens is 140 g/mol. The van der Waals surface area contributed by atoms with E-state index in [0.717, 1.165) is 11.5 Å². The third kappa shape index (κ3) is 1.02. The van der Waals surface area contributed by atoms with Crippen LogP contribution in [-0.4, -0.2) is 19.7 Å². The Morgan fingerprint density at radius 2 is 2.45 bits per heavy atom. The molecule has 0 unspecified atom stereocenters. The fourth-order valence-electron chi connectivity index (χ4n) is 0.947. The Hall–Kier alpha value is -1.58. The molecule has 0 saturated carbocycles. The van der Waals surface area contributed by atoms with Crippen molar-refractivity contribution < 1.29 is 0 Å². The van der Waals surface area contributed by atoms with Gasteiger partial charge in [0.1, 0.15) is 5.69 Å². The van der Waals surface area contributed by atoms with Gasteiger partial charge in [-0.05, 0) is 6.07 Å². The van der Waals surface area contributed by atoms with Gasteiger partial charge in [-0.25, -0.2) is 4.98 Å². The number of aromatic nitrogens is 4. The number of nitrogens with zero attached hydrogens (tertiary/aromatic N) is 3. The van der Waals surface area contributed by atoms with Crippen LogP contribution in [0.4, 0.5) is 0 Å². The maximum Gasteiger partial charge on any atom is 0.157 e. The highest BCUT2D eigenvalue weighted by molar-refractivity contribution is 5.47. The molecule has 0 amide bonds. The molecule has 2 rings (SSSR count). The minimum atomic E-state index is 0.811. The number of aryl methyl sites for hydroxylation is 1. The van der Waals surface area contributed by atoms with Crippen LogP contribution in [0, 0.1) is 0 Å². The van der Waals surface area contributed by atoms with E-state index < -0.39 is 0 Å². The van der Waals surface area contributed by atoms with E-state index in [4.69, 9.17) is 0 Å². The second-order valence-corrected chi connectivity index (χ2v) is 2.31. The van der Waals surface area contributed by atoms with Crippen molar-refractivity contribution in [3.8, 4) is 11.5 Å². The lowest BCUT2D eigenvalue weighted by Crippen LogP contribution is -1.88. The fraction of sp³-hybridized carbons (Fsp3) is 0.143. The summed E-state index contributed by atoms with van der Waals surface area (Å²) in [4.78, 5) is 7.05. The first-order valence-electron chi connectivity index (χ1n) is 3.35. The first kappa shape index (κ1) is 6.15. The number of rotatable bonds is 1. The predicted molar refractivity (Wildman–Crippen MR) is 40.8 cm³/mol. The van der Waals surface area contributed by atoms with Crippen molar-refractivity contribution in [3.05, 3.63) is 24.7 Å². The third-order valence-electron chi connectivity index (χ3n) is 1.45. The SMILES string of the molecule is Cn1ccc(-c2ncc[nH]2)n1. The normalized spacial score (nSPS) is 10.3. The molecule has 4 heteroatoms. The van der Waals surface area contributed by atoms with E-state index in [0.29, 0.717) is 0 Å². The van der Waals surface area contributed by atoms with Crippen molar-refractivity contribution in [2.75, 3.05) is 0 Å². The molecule has 0 aliphatic heterocycles. The zero-order valence-electron chi connectivity index (χ0n) is 6.15. The maximum absolute atomic E-state index is 4.18. The lowest BCUT2D eigenvalue weighted by atomic mass is 10.4. The van der Waals surface area contributed by atoms with Crippen LogP contribution >= 0.6 is 0 Å². The number of H-pyrrole nitrogens is 1. The van der Waals surface area contributed by atoms with Crippen LogP contribution in [0.1, 0.15) is 0 Å². The molecule has 0 aliphatic carbocycles. The summed E-state index contributed by atoms with van der Waals surface area (Å²) in [5, 5.41) is 4.18. The van der Waals surface area contributed by atoms with Crippen LogP contribution in [0.2, 0.25) is 0 Å². The molecular formula is C7H8N4. The highest BCUT2D eigenvalue weighted by Crippen LogP contribution is 2.08. The Bertz CT molecular complexity index is 333. The summed E-state index contributed by atoms with van der Waals surface area (Å²) in [6.45, 7) is 0. The molecule has 0 saturated heterocycles. The standard InChI is InChI=1S/C7H8N4/c1-11-5-2-6(10-11)7-8-3-4-9-7/h2-5H,1H3,(H,8,9). The van der Waals surface area contributed by atoms with Gasteiger partial charge in [-0.1, -0.05) is 0 Å². The number of hydrogen-bond acceptors (Lipinski definition) is 2. The van der Waals surface area contributed by atoms with Crippen LogP contribution in [0.3, 0.4) is 0 Å². The molecule has 0 spiro atoms. The van der Waals surface area contributed by atoms with Crippen molar-refractivity contribution in [1.29, 1.82) is 0 Å². The molecule has 56 valence electrons. The lowest BCUT2D eigenvalue weighted by Gasteiger charge is -1.86. The summed E-state index contributed by atoms with van der Waals surface area (Å²) in [5.74, 6) is 0.811. The molecule has 4 nitrogen and oxygen atoms in total. The fourth-order valence-corrected chi connectivity index (χ4v) is 0.947. The van der Waals surface area contributed by atoms with Crippen LogP contribution in [0.25, 0.3) is 11.5 Å². The van der Waals surface area contributed by atoms with Crippen molar-refractivity contribution in [2.45, 2.75) is 0 Å². The van der Waals surface area contributed by atoms with E-state index in [-0.39, 0.29) is 0 Å². The van der Waals surface area contributed by atoms with E-state index >= 15 is 0 Å². The summed E-state index contributed by atoms with van der Waals surface area (Å²) >= 11 is 0. The molecule has 0 bridgehead atoms. The second kappa shape index (κ2) is 2.23. The zero-order chi connectivity index (χ0) is 7.68. The monoisotopic (exact) mass is 148 g/mol. The molecule has 2 aromatic heterocycles. The predicted octanol–water partition coefficient (Wildman–Crippen LogP) is 0.810. The smallest absolute Gasteiger partial charge is 0.157 e. The quantitative estimate of drug-likeness (QED) is 0.650. The van der Waals surface area contributed by atoms with E-state index in [1.165, 1.54) is 0 Å². The van der Waals surface area contributed by atoms with Gasteiger partial charge in [-0.3, -0.25) is 4.68 Å². The van der Waals surface area contributed by atoms with Gasteiger partial charge in [0.05, 0.1) is 0 Å². The van der Waals surface area contributed by atoms with Crippen LogP contribution < -0.4 is 0 Å². The van der Waals surface area contributed by atoms with Gasteiger partial charge in [0.15, 0.2) is 5.82 Å². The Morgan fingerprint density at radius 1 is 1.55 bits per heavy atom. The number of hydrogen-bond donors (Lipinski definition) is 1. The van der Waals surface area contributed by atoms with Crippen LogP contribution in [-0.2, 0) is 7.05 Å². The van der Waals surface area contributed by atoms with Crippen LogP contribution in [0.15, 0.2) is 24.7 Å². The highest BCUT2D eigenvalue weighted by Gasteiger charge is 2.00. The Labute approximate surface area is 63.9 Å². The number of aromatic amines is 1. The minimum absolute atomic E-state index is 0.811. The summed E-state index contributed by atoms with van der Waals surface area (Å²) in [6, 6.07) is 1.92. The van der Waals surface area contributed by atoms with E-state index in [1.807, 2.05) is 19.3 Å². The lowest BCUT2D eigenvalue weighted by molar-refractivity contribution is 0.769. The van der Waals surface area contributed by atoms with Gasteiger partial charge >= 0.3 is 0 Å². The van der Waals surface area contributed by atoms with Gasteiger partial charge in [0.25, 0.3) is 0 Å². The van der Waals surface area contributed by atoms with E-state index in [2.05, 4.69) is 15.1 Å². The first-order chi connectivity index (χ1) is 5.36. The average molecular weight is 148 g/mol. The summed E-state index contributed by atoms with van der Waals surface area (Å²) < 4.78 is 1.75. The first-order valence-corrected chi connectivity index (χ1v) is 3.35. The van der Waals surface area contributed by atoms with Gasteiger partial charge in [0, 0.05) is 25.6 Å². The van der Waals surface area contributed by atoms with E-state index in [1.54, 1.807) is 17.1 Å². The van der Waals surface area contributed by atoms with Crippen LogP contribution in [0.5, 0.6) is 0 Å². The maximum atomic E-state index is 4.18. The summed E-state index contributed by atoms with van der Waals surface area (Å²) in [5.41, 5.74) is 0.873. The highest BCUT2D eigenvalue weighted by atomic mass is 15.3. The number of imidazole rings is 1. The zero-order valence-corrected chi connectivity index (χ0v) is 6.15. The summed E-state index contributed by atoms with van der Waals surface area (Å²) in [7, 11) is 1.88. The Balaban J connectivity index is 2.45. The third-order valence-corrected chi connectivity index (χ3v) is 1.45. The molecule has 1 N–H and O–H groups in total.